The van der Waals surface area contributed by atoms with E-state index in [2.05, 4.69) is 51.2 Å². The Bertz CT molecular complexity index is 345. The minimum Gasteiger partial charge on any atom is -0.310 e. The second-order valence-electron chi connectivity index (χ2n) is 4.59. The van der Waals surface area contributed by atoms with Gasteiger partial charge in [0, 0.05) is 11.1 Å². The number of nitrogens with one attached hydrogen (secondary N) is 1. The largest absolute Gasteiger partial charge is 0.310 e. The highest BCUT2D eigenvalue weighted by Crippen LogP contribution is 2.33. The third kappa shape index (κ3) is 3.46. The van der Waals surface area contributed by atoms with E-state index in [1.54, 1.807) is 0 Å². The predicted octanol–water partition coefficient (Wildman–Crippen LogP) is 4.74. The highest BCUT2D eigenvalue weighted by atomic mass is 35.5. The molecule has 0 fully saturated rings. The van der Waals surface area contributed by atoms with E-state index in [9.17, 15) is 0 Å². The molecule has 1 rings (SSSR count). The third-order valence-corrected chi connectivity index (χ3v) is 4.02. The number of hydrogen-bond donors (Lipinski definition) is 1. The molecule has 1 N–H and O–H groups in total. The first-order chi connectivity index (χ1) is 8.15. The van der Waals surface area contributed by atoms with Crippen molar-refractivity contribution in [3.05, 3.63) is 34.3 Å². The molecule has 0 aliphatic rings. The number of rotatable bonds is 6. The fourth-order valence-electron chi connectivity index (χ4n) is 2.42. The van der Waals surface area contributed by atoms with Gasteiger partial charge in [-0.3, -0.25) is 0 Å². The molecule has 0 radical (unpaired) electrons. The maximum Gasteiger partial charge on any atom is 0.0483 e. The van der Waals surface area contributed by atoms with Crippen LogP contribution in [0.5, 0.6) is 0 Å². The van der Waals surface area contributed by atoms with Crippen molar-refractivity contribution in [2.24, 2.45) is 5.92 Å². The maximum atomic E-state index is 6.44. The van der Waals surface area contributed by atoms with E-state index in [1.165, 1.54) is 18.4 Å². The molecule has 0 saturated carbocycles. The topological polar surface area (TPSA) is 12.0 Å². The van der Waals surface area contributed by atoms with Gasteiger partial charge in [-0.15, -0.1) is 0 Å². The van der Waals surface area contributed by atoms with Gasteiger partial charge in [0.25, 0.3) is 0 Å². The van der Waals surface area contributed by atoms with Crippen LogP contribution in [-0.2, 0) is 0 Å². The standard InChI is InChI=1S/C15H24ClN/c1-5-12(6-2)15(17-7-3)13-10-8-9-11(4)14(13)16/h8-10,12,15,17H,5-7H2,1-4H3. The minimum atomic E-state index is 0.377. The molecule has 0 heterocycles. The zero-order valence-corrected chi connectivity index (χ0v) is 12.1. The molecule has 0 aliphatic heterocycles. The molecule has 1 nitrogen and oxygen atoms in total. The summed E-state index contributed by atoms with van der Waals surface area (Å²) in [5.41, 5.74) is 2.42. The summed E-state index contributed by atoms with van der Waals surface area (Å²) < 4.78 is 0. The number of benzene rings is 1. The fourth-order valence-corrected chi connectivity index (χ4v) is 2.66. The molecule has 0 amide bonds. The second-order valence-corrected chi connectivity index (χ2v) is 4.97. The summed E-state index contributed by atoms with van der Waals surface area (Å²) in [6, 6.07) is 6.70. The summed E-state index contributed by atoms with van der Waals surface area (Å²) in [6.45, 7) is 9.71. The average molecular weight is 254 g/mol. The molecule has 1 unspecified atom stereocenters. The Morgan fingerprint density at radius 1 is 1.18 bits per heavy atom. The highest BCUT2D eigenvalue weighted by Gasteiger charge is 2.21. The molecule has 1 aromatic carbocycles. The fraction of sp³-hybridized carbons (Fsp3) is 0.600. The summed E-state index contributed by atoms with van der Waals surface area (Å²) >= 11 is 6.44. The molecule has 2 heteroatoms. The molecule has 0 saturated heterocycles. The van der Waals surface area contributed by atoms with E-state index >= 15 is 0 Å². The lowest BCUT2D eigenvalue weighted by molar-refractivity contribution is 0.346. The van der Waals surface area contributed by atoms with Gasteiger partial charge in [0.1, 0.15) is 0 Å². The van der Waals surface area contributed by atoms with Crippen LogP contribution in [0.25, 0.3) is 0 Å². The lowest BCUT2D eigenvalue weighted by Gasteiger charge is -2.27. The summed E-state index contributed by atoms with van der Waals surface area (Å²) in [4.78, 5) is 0. The maximum absolute atomic E-state index is 6.44. The molecular formula is C15H24ClN. The molecule has 0 aliphatic carbocycles. The minimum absolute atomic E-state index is 0.377. The molecule has 17 heavy (non-hydrogen) atoms. The van der Waals surface area contributed by atoms with Crippen molar-refractivity contribution in [2.45, 2.75) is 46.6 Å². The van der Waals surface area contributed by atoms with Crippen LogP contribution in [0.4, 0.5) is 0 Å². The summed E-state index contributed by atoms with van der Waals surface area (Å²) in [7, 11) is 0. The SMILES string of the molecule is CCNC(c1cccc(C)c1Cl)C(CC)CC. The van der Waals surface area contributed by atoms with Gasteiger partial charge in [0.2, 0.25) is 0 Å². The summed E-state index contributed by atoms with van der Waals surface area (Å²) in [5, 5.41) is 4.51. The Labute approximate surface area is 111 Å². The third-order valence-electron chi connectivity index (χ3n) is 3.50. The van der Waals surface area contributed by atoms with Gasteiger partial charge in [-0.05, 0) is 30.5 Å². The molecule has 0 spiro atoms. The second kappa shape index (κ2) is 7.03. The van der Waals surface area contributed by atoms with E-state index in [-0.39, 0.29) is 0 Å². The zero-order valence-electron chi connectivity index (χ0n) is 11.4. The Balaban J connectivity index is 3.08. The van der Waals surface area contributed by atoms with Crippen LogP contribution in [0, 0.1) is 12.8 Å². The van der Waals surface area contributed by atoms with Crippen LogP contribution in [0.15, 0.2) is 18.2 Å². The van der Waals surface area contributed by atoms with Gasteiger partial charge in [0.05, 0.1) is 0 Å². The first-order valence-electron chi connectivity index (χ1n) is 6.64. The van der Waals surface area contributed by atoms with Crippen LogP contribution < -0.4 is 5.32 Å². The molecule has 1 aromatic rings. The number of aryl methyl sites for hydroxylation is 1. The van der Waals surface area contributed by atoms with Crippen LogP contribution in [0.3, 0.4) is 0 Å². The van der Waals surface area contributed by atoms with E-state index in [1.807, 2.05) is 0 Å². The van der Waals surface area contributed by atoms with Crippen LogP contribution in [0.1, 0.15) is 50.8 Å². The predicted molar refractivity (Wildman–Crippen MR) is 76.7 cm³/mol. The lowest BCUT2D eigenvalue weighted by Crippen LogP contribution is -2.28. The van der Waals surface area contributed by atoms with Gasteiger partial charge >= 0.3 is 0 Å². The molecule has 1 atom stereocenters. The Kier molecular flexibility index (Phi) is 6.01. The van der Waals surface area contributed by atoms with E-state index in [4.69, 9.17) is 11.6 Å². The van der Waals surface area contributed by atoms with E-state index in [0.29, 0.717) is 12.0 Å². The molecular weight excluding hydrogens is 230 g/mol. The van der Waals surface area contributed by atoms with Gasteiger partial charge in [0.15, 0.2) is 0 Å². The van der Waals surface area contributed by atoms with Crippen molar-refractivity contribution in [2.75, 3.05) is 6.54 Å². The molecule has 96 valence electrons. The van der Waals surface area contributed by atoms with Crippen LogP contribution >= 0.6 is 11.6 Å². The quantitative estimate of drug-likeness (QED) is 0.773. The molecule has 0 aromatic heterocycles. The summed E-state index contributed by atoms with van der Waals surface area (Å²) in [5.74, 6) is 0.647. The van der Waals surface area contributed by atoms with Crippen LogP contribution in [0.2, 0.25) is 5.02 Å². The van der Waals surface area contributed by atoms with Crippen molar-refractivity contribution in [3.8, 4) is 0 Å². The van der Waals surface area contributed by atoms with Crippen molar-refractivity contribution >= 4 is 11.6 Å². The number of hydrogen-bond acceptors (Lipinski definition) is 1. The molecule has 0 bridgehead atoms. The first kappa shape index (κ1) is 14.5. The van der Waals surface area contributed by atoms with Crippen molar-refractivity contribution in [1.29, 1.82) is 0 Å². The highest BCUT2D eigenvalue weighted by molar-refractivity contribution is 6.32. The van der Waals surface area contributed by atoms with Crippen molar-refractivity contribution in [3.63, 3.8) is 0 Å². The van der Waals surface area contributed by atoms with Gasteiger partial charge < -0.3 is 5.32 Å². The number of halogens is 1. The van der Waals surface area contributed by atoms with Gasteiger partial charge in [-0.25, -0.2) is 0 Å². The van der Waals surface area contributed by atoms with Gasteiger partial charge in [-0.1, -0.05) is 63.4 Å². The van der Waals surface area contributed by atoms with E-state index < -0.39 is 0 Å². The Morgan fingerprint density at radius 2 is 1.82 bits per heavy atom. The van der Waals surface area contributed by atoms with Crippen molar-refractivity contribution in [1.82, 2.24) is 5.32 Å². The Morgan fingerprint density at radius 3 is 2.35 bits per heavy atom. The monoisotopic (exact) mass is 253 g/mol. The lowest BCUT2D eigenvalue weighted by atomic mass is 9.88. The van der Waals surface area contributed by atoms with Gasteiger partial charge in [-0.2, -0.15) is 0 Å². The average Bonchev–Trinajstić information content (AvgIpc) is 2.33. The zero-order chi connectivity index (χ0) is 12.8. The van der Waals surface area contributed by atoms with Crippen molar-refractivity contribution < 1.29 is 0 Å². The first-order valence-corrected chi connectivity index (χ1v) is 7.01. The Hall–Kier alpha value is -0.530. The normalized spacial score (nSPS) is 13.1. The smallest absolute Gasteiger partial charge is 0.0483 e. The van der Waals surface area contributed by atoms with Crippen LogP contribution in [-0.4, -0.2) is 6.54 Å². The summed E-state index contributed by atoms with van der Waals surface area (Å²) in [6.07, 6.45) is 2.36. The van der Waals surface area contributed by atoms with E-state index in [0.717, 1.165) is 17.1 Å².